The molecule has 8 heteroatoms. The number of carbonyl (C=O) groups excluding carboxylic acids is 2. The van der Waals surface area contributed by atoms with Gasteiger partial charge in [-0.2, -0.15) is 0 Å². The number of hydrogen-bond donors (Lipinski definition) is 1. The summed E-state index contributed by atoms with van der Waals surface area (Å²) in [6, 6.07) is 3.50. The van der Waals surface area contributed by atoms with Crippen molar-refractivity contribution < 1.29 is 14.3 Å². The largest absolute Gasteiger partial charge is 0.444 e. The zero-order valence-corrected chi connectivity index (χ0v) is 16.6. The van der Waals surface area contributed by atoms with E-state index in [1.165, 1.54) is 11.8 Å². The maximum Gasteiger partial charge on any atom is 0.410 e. The number of rotatable bonds is 2. The summed E-state index contributed by atoms with van der Waals surface area (Å²) in [7, 11) is 0. The molecule has 0 atom stereocenters. The number of hydrogen-bond acceptors (Lipinski definition) is 5. The number of piperidine rings is 1. The Balaban J connectivity index is 1.55. The summed E-state index contributed by atoms with van der Waals surface area (Å²) in [6.07, 6.45) is 2.90. The van der Waals surface area contributed by atoms with Gasteiger partial charge < -0.3 is 14.6 Å². The van der Waals surface area contributed by atoms with Gasteiger partial charge in [-0.05, 0) is 45.7 Å². The summed E-state index contributed by atoms with van der Waals surface area (Å²) in [5.74, 6) is 0. The number of ether oxygens (including phenoxy) is 1. The molecule has 3 heterocycles. The molecular formula is C18H22ClN3O3S. The molecule has 0 spiro atoms. The second-order valence-electron chi connectivity index (χ2n) is 7.35. The van der Waals surface area contributed by atoms with E-state index in [4.69, 9.17) is 16.3 Å². The van der Waals surface area contributed by atoms with Gasteiger partial charge in [0.15, 0.2) is 0 Å². The molecule has 1 fully saturated rings. The normalized spacial score (nSPS) is 16.1. The molecule has 140 valence electrons. The van der Waals surface area contributed by atoms with Crippen LogP contribution < -0.4 is 0 Å². The van der Waals surface area contributed by atoms with Crippen LogP contribution in [-0.2, 0) is 4.74 Å². The maximum atomic E-state index is 12.5. The lowest BCUT2D eigenvalue weighted by Crippen LogP contribution is -2.42. The van der Waals surface area contributed by atoms with Gasteiger partial charge in [0.2, 0.25) is 5.12 Å². The second kappa shape index (κ2) is 7.48. The third-order valence-electron chi connectivity index (χ3n) is 4.06. The van der Waals surface area contributed by atoms with Gasteiger partial charge in [-0.1, -0.05) is 23.4 Å². The smallest absolute Gasteiger partial charge is 0.410 e. The molecule has 26 heavy (non-hydrogen) atoms. The molecule has 3 rings (SSSR count). The fourth-order valence-electron chi connectivity index (χ4n) is 2.81. The Morgan fingerprint density at radius 1 is 1.31 bits per heavy atom. The minimum absolute atomic E-state index is 0.00644. The number of aromatic amines is 1. The van der Waals surface area contributed by atoms with Crippen molar-refractivity contribution in [2.75, 3.05) is 13.1 Å². The molecule has 0 aliphatic carbocycles. The lowest BCUT2D eigenvalue weighted by molar-refractivity contribution is 0.0219. The third kappa shape index (κ3) is 4.71. The monoisotopic (exact) mass is 395 g/mol. The lowest BCUT2D eigenvalue weighted by Gasteiger charge is -2.32. The summed E-state index contributed by atoms with van der Waals surface area (Å²) in [6.45, 7) is 6.78. The Morgan fingerprint density at radius 3 is 2.65 bits per heavy atom. The average molecular weight is 396 g/mol. The van der Waals surface area contributed by atoms with Crippen molar-refractivity contribution in [3.8, 4) is 0 Å². The van der Waals surface area contributed by atoms with Crippen LogP contribution in [0.3, 0.4) is 0 Å². The first-order valence-corrected chi connectivity index (χ1v) is 9.80. The van der Waals surface area contributed by atoms with Crippen molar-refractivity contribution in [3.05, 3.63) is 29.2 Å². The van der Waals surface area contributed by atoms with Gasteiger partial charge in [-0.15, -0.1) is 0 Å². The summed E-state index contributed by atoms with van der Waals surface area (Å²) in [5.41, 5.74) is 0.851. The minimum Gasteiger partial charge on any atom is -0.444 e. The average Bonchev–Trinajstić information content (AvgIpc) is 2.97. The van der Waals surface area contributed by atoms with E-state index < -0.39 is 5.60 Å². The van der Waals surface area contributed by atoms with Crippen molar-refractivity contribution >= 4 is 45.5 Å². The molecule has 6 nitrogen and oxygen atoms in total. The van der Waals surface area contributed by atoms with Crippen molar-refractivity contribution in [1.29, 1.82) is 0 Å². The van der Waals surface area contributed by atoms with Crippen LogP contribution in [0.4, 0.5) is 4.79 Å². The number of nitrogens with one attached hydrogen (secondary N) is 1. The molecule has 1 aliphatic heterocycles. The zero-order valence-electron chi connectivity index (χ0n) is 15.0. The molecule has 2 aromatic rings. The Labute approximate surface area is 161 Å². The standard InChI is InChI=1S/C18H22ClN3O3S/c1-18(2,3)25-17(24)22-6-4-12(5-7-22)26-16(23)14-8-11-10-20-15(19)9-13(11)21-14/h8-10,12,21H,4-7H2,1-3H3. The van der Waals surface area contributed by atoms with Crippen molar-refractivity contribution in [2.24, 2.45) is 0 Å². The second-order valence-corrected chi connectivity index (χ2v) is 9.01. The molecule has 0 unspecified atom stereocenters. The summed E-state index contributed by atoms with van der Waals surface area (Å²) >= 11 is 7.20. The van der Waals surface area contributed by atoms with E-state index in [0.29, 0.717) is 23.9 Å². The van der Waals surface area contributed by atoms with Crippen LogP contribution in [0.15, 0.2) is 18.3 Å². The van der Waals surface area contributed by atoms with Crippen LogP contribution >= 0.6 is 23.4 Å². The maximum absolute atomic E-state index is 12.5. The van der Waals surface area contributed by atoms with E-state index in [0.717, 1.165) is 23.7 Å². The van der Waals surface area contributed by atoms with Gasteiger partial charge in [-0.3, -0.25) is 4.79 Å². The van der Waals surface area contributed by atoms with Crippen LogP contribution in [0.25, 0.3) is 10.9 Å². The van der Waals surface area contributed by atoms with Crippen LogP contribution in [0.5, 0.6) is 0 Å². The fourth-order valence-corrected chi connectivity index (χ4v) is 3.95. The highest BCUT2D eigenvalue weighted by Crippen LogP contribution is 2.28. The molecule has 1 saturated heterocycles. The van der Waals surface area contributed by atoms with Gasteiger partial charge in [0.1, 0.15) is 10.8 Å². The van der Waals surface area contributed by atoms with Crippen molar-refractivity contribution in [1.82, 2.24) is 14.9 Å². The summed E-state index contributed by atoms with van der Waals surface area (Å²) in [4.78, 5) is 33.5. The first kappa shape index (κ1) is 19.0. The predicted molar refractivity (Wildman–Crippen MR) is 104 cm³/mol. The quantitative estimate of drug-likeness (QED) is 0.758. The number of carbonyl (C=O) groups is 2. The number of fused-ring (bicyclic) bond motifs is 1. The van der Waals surface area contributed by atoms with Crippen molar-refractivity contribution in [3.63, 3.8) is 0 Å². The SMILES string of the molecule is CC(C)(C)OC(=O)N1CCC(SC(=O)c2cc3cnc(Cl)cc3[nH]2)CC1. The number of pyridine rings is 1. The van der Waals surface area contributed by atoms with Gasteiger partial charge in [0.05, 0.1) is 11.2 Å². The summed E-state index contributed by atoms with van der Waals surface area (Å²) in [5, 5.41) is 1.43. The highest BCUT2D eigenvalue weighted by molar-refractivity contribution is 8.14. The molecule has 1 N–H and O–H groups in total. The number of halogens is 1. The van der Waals surface area contributed by atoms with E-state index in [1.54, 1.807) is 23.2 Å². The Hall–Kier alpha value is -1.73. The number of thioether (sulfide) groups is 1. The molecule has 1 amide bonds. The Kier molecular flexibility index (Phi) is 5.48. The number of H-pyrrole nitrogens is 1. The Bertz CT molecular complexity index is 823. The molecule has 0 bridgehead atoms. The van der Waals surface area contributed by atoms with E-state index in [9.17, 15) is 9.59 Å². The van der Waals surface area contributed by atoms with Crippen molar-refractivity contribution in [2.45, 2.75) is 44.5 Å². The highest BCUT2D eigenvalue weighted by Gasteiger charge is 2.28. The van der Waals surface area contributed by atoms with Gasteiger partial charge in [0.25, 0.3) is 0 Å². The van der Waals surface area contributed by atoms with E-state index in [1.807, 2.05) is 20.8 Å². The number of nitrogens with zero attached hydrogens (tertiary/aromatic N) is 2. The van der Waals surface area contributed by atoms with Crippen LogP contribution in [0.1, 0.15) is 44.1 Å². The van der Waals surface area contributed by atoms with Gasteiger partial charge >= 0.3 is 6.09 Å². The highest BCUT2D eigenvalue weighted by atomic mass is 35.5. The molecule has 1 aliphatic rings. The lowest BCUT2D eigenvalue weighted by atomic mass is 10.1. The minimum atomic E-state index is -0.494. The molecule has 0 aromatic carbocycles. The topological polar surface area (TPSA) is 75.3 Å². The number of amides is 1. The first-order chi connectivity index (χ1) is 12.2. The molecule has 0 saturated carbocycles. The predicted octanol–water partition coefficient (Wildman–Crippen LogP) is 4.49. The van der Waals surface area contributed by atoms with Gasteiger partial charge in [0, 0.05) is 29.9 Å². The molecule has 0 radical (unpaired) electrons. The fraction of sp³-hybridized carbons (Fsp3) is 0.500. The number of aromatic nitrogens is 2. The van der Waals surface area contributed by atoms with Gasteiger partial charge in [-0.25, -0.2) is 9.78 Å². The van der Waals surface area contributed by atoms with E-state index in [2.05, 4.69) is 9.97 Å². The Morgan fingerprint density at radius 2 is 2.00 bits per heavy atom. The molecular weight excluding hydrogens is 374 g/mol. The van der Waals surface area contributed by atoms with E-state index in [-0.39, 0.29) is 16.5 Å². The first-order valence-electron chi connectivity index (χ1n) is 8.54. The summed E-state index contributed by atoms with van der Waals surface area (Å²) < 4.78 is 5.40. The number of likely N-dealkylation sites (tertiary alicyclic amines) is 1. The van der Waals surface area contributed by atoms with Crippen LogP contribution in [0.2, 0.25) is 5.15 Å². The van der Waals surface area contributed by atoms with Crippen LogP contribution in [-0.4, -0.2) is 50.0 Å². The molecule has 2 aromatic heterocycles. The zero-order chi connectivity index (χ0) is 18.9. The third-order valence-corrected chi connectivity index (χ3v) is 5.50. The van der Waals surface area contributed by atoms with Crippen LogP contribution in [0, 0.1) is 0 Å². The van der Waals surface area contributed by atoms with E-state index >= 15 is 0 Å².